The van der Waals surface area contributed by atoms with Gasteiger partial charge in [0.05, 0.1) is 11.9 Å². The number of imide groups is 1. The summed E-state index contributed by atoms with van der Waals surface area (Å²) >= 11 is 0. The molecule has 15 heavy (non-hydrogen) atoms. The molecular formula is C10H11N3O2. The molecule has 0 radical (unpaired) electrons. The van der Waals surface area contributed by atoms with Crippen LogP contribution in [0.3, 0.4) is 0 Å². The van der Waals surface area contributed by atoms with Crippen molar-refractivity contribution in [3.8, 4) is 0 Å². The lowest BCUT2D eigenvalue weighted by atomic mass is 10.4. The quantitative estimate of drug-likeness (QED) is 0.683. The molecule has 0 atom stereocenters. The fourth-order valence-corrected chi connectivity index (χ4v) is 1.47. The van der Waals surface area contributed by atoms with Gasteiger partial charge in [0.15, 0.2) is 0 Å². The maximum atomic E-state index is 11.3. The topological polar surface area (TPSA) is 55.2 Å². The number of carbonyl (C=O) groups is 2. The molecular weight excluding hydrogens is 194 g/mol. The first-order chi connectivity index (χ1) is 7.22. The van der Waals surface area contributed by atoms with Crippen molar-refractivity contribution in [2.24, 2.45) is 0 Å². The molecule has 0 fully saturated rings. The largest absolute Gasteiger partial charge is 0.271 e. The second kappa shape index (κ2) is 3.68. The van der Waals surface area contributed by atoms with Gasteiger partial charge in [0, 0.05) is 24.9 Å². The first-order valence-electron chi connectivity index (χ1n) is 4.81. The Morgan fingerprint density at radius 1 is 1.27 bits per heavy atom. The number of hydrogen-bond acceptors (Lipinski definition) is 3. The van der Waals surface area contributed by atoms with E-state index in [1.165, 1.54) is 18.3 Å². The Morgan fingerprint density at radius 2 is 1.93 bits per heavy atom. The summed E-state index contributed by atoms with van der Waals surface area (Å²) < 4.78 is 1.72. The molecule has 1 aromatic rings. The maximum absolute atomic E-state index is 11.3. The maximum Gasteiger partial charge on any atom is 0.258 e. The SMILES string of the molecule is CCCn1cc(N2C(=O)C=CC2=O)cn1. The molecule has 0 bridgehead atoms. The van der Waals surface area contributed by atoms with E-state index < -0.39 is 0 Å². The Kier molecular flexibility index (Phi) is 2.37. The summed E-state index contributed by atoms with van der Waals surface area (Å²) in [6, 6.07) is 0. The Morgan fingerprint density at radius 3 is 2.53 bits per heavy atom. The van der Waals surface area contributed by atoms with Gasteiger partial charge in [-0.3, -0.25) is 14.3 Å². The van der Waals surface area contributed by atoms with Gasteiger partial charge < -0.3 is 0 Å². The van der Waals surface area contributed by atoms with Gasteiger partial charge in [-0.25, -0.2) is 4.90 Å². The summed E-state index contributed by atoms with van der Waals surface area (Å²) in [5, 5.41) is 4.06. The molecule has 5 nitrogen and oxygen atoms in total. The number of aryl methyl sites for hydroxylation is 1. The van der Waals surface area contributed by atoms with Crippen molar-refractivity contribution in [2.45, 2.75) is 19.9 Å². The number of carbonyl (C=O) groups excluding carboxylic acids is 2. The van der Waals surface area contributed by atoms with E-state index in [0.29, 0.717) is 5.69 Å². The van der Waals surface area contributed by atoms with Crippen molar-refractivity contribution in [3.63, 3.8) is 0 Å². The van der Waals surface area contributed by atoms with Gasteiger partial charge in [-0.1, -0.05) is 6.92 Å². The minimum absolute atomic E-state index is 0.309. The Bertz CT molecular complexity index is 416. The number of hydrogen-bond donors (Lipinski definition) is 0. The van der Waals surface area contributed by atoms with Crippen LogP contribution in [0.2, 0.25) is 0 Å². The molecule has 1 aliphatic rings. The van der Waals surface area contributed by atoms with Crippen LogP contribution in [0, 0.1) is 0 Å². The van der Waals surface area contributed by atoms with E-state index in [2.05, 4.69) is 5.10 Å². The van der Waals surface area contributed by atoms with Gasteiger partial charge in [-0.2, -0.15) is 5.10 Å². The van der Waals surface area contributed by atoms with Crippen LogP contribution in [-0.4, -0.2) is 21.6 Å². The molecule has 2 heterocycles. The minimum Gasteiger partial charge on any atom is -0.271 e. The molecule has 0 N–H and O–H groups in total. The third-order valence-corrected chi connectivity index (χ3v) is 2.14. The van der Waals surface area contributed by atoms with E-state index in [0.717, 1.165) is 17.9 Å². The van der Waals surface area contributed by atoms with Crippen LogP contribution >= 0.6 is 0 Å². The van der Waals surface area contributed by atoms with Crippen molar-refractivity contribution >= 4 is 17.5 Å². The fraction of sp³-hybridized carbons (Fsp3) is 0.300. The predicted molar refractivity (Wildman–Crippen MR) is 54.2 cm³/mol. The predicted octanol–water partition coefficient (Wildman–Crippen LogP) is 0.722. The van der Waals surface area contributed by atoms with Gasteiger partial charge in [-0.15, -0.1) is 0 Å². The zero-order chi connectivity index (χ0) is 10.8. The summed E-state index contributed by atoms with van der Waals surface area (Å²) in [6.07, 6.45) is 6.71. The first kappa shape index (κ1) is 9.64. The molecule has 5 heteroatoms. The van der Waals surface area contributed by atoms with Crippen molar-refractivity contribution < 1.29 is 9.59 Å². The summed E-state index contributed by atoms with van der Waals surface area (Å²) in [5.74, 6) is -0.618. The van der Waals surface area contributed by atoms with Crippen molar-refractivity contribution in [1.82, 2.24) is 9.78 Å². The smallest absolute Gasteiger partial charge is 0.258 e. The standard InChI is InChI=1S/C10H11N3O2/c1-2-5-12-7-8(6-11-12)13-9(14)3-4-10(13)15/h3-4,6-7H,2,5H2,1H3. The summed E-state index contributed by atoms with van der Waals surface area (Å²) in [5.41, 5.74) is 0.531. The molecule has 2 rings (SSSR count). The molecule has 1 aliphatic heterocycles. The van der Waals surface area contributed by atoms with E-state index in [1.807, 2.05) is 6.92 Å². The van der Waals surface area contributed by atoms with E-state index >= 15 is 0 Å². The molecule has 0 unspecified atom stereocenters. The first-order valence-corrected chi connectivity index (χ1v) is 4.81. The average molecular weight is 205 g/mol. The molecule has 0 aliphatic carbocycles. The van der Waals surface area contributed by atoms with Gasteiger partial charge >= 0.3 is 0 Å². The second-order valence-corrected chi connectivity index (χ2v) is 3.31. The highest BCUT2D eigenvalue weighted by atomic mass is 16.2. The van der Waals surface area contributed by atoms with Crippen LogP contribution in [0.4, 0.5) is 5.69 Å². The molecule has 78 valence electrons. The van der Waals surface area contributed by atoms with Crippen LogP contribution in [0.1, 0.15) is 13.3 Å². The second-order valence-electron chi connectivity index (χ2n) is 3.31. The van der Waals surface area contributed by atoms with Crippen LogP contribution in [-0.2, 0) is 16.1 Å². The van der Waals surface area contributed by atoms with E-state index in [1.54, 1.807) is 10.9 Å². The number of amides is 2. The fourth-order valence-electron chi connectivity index (χ4n) is 1.47. The van der Waals surface area contributed by atoms with Gasteiger partial charge in [0.25, 0.3) is 11.8 Å². The molecule has 0 spiro atoms. The molecule has 2 amide bonds. The lowest BCUT2D eigenvalue weighted by molar-refractivity contribution is -0.119. The monoisotopic (exact) mass is 205 g/mol. The number of anilines is 1. The summed E-state index contributed by atoms with van der Waals surface area (Å²) in [6.45, 7) is 2.82. The minimum atomic E-state index is -0.309. The molecule has 1 aromatic heterocycles. The Labute approximate surface area is 87.0 Å². The van der Waals surface area contributed by atoms with E-state index in [-0.39, 0.29) is 11.8 Å². The Balaban J connectivity index is 2.22. The third kappa shape index (κ3) is 1.68. The van der Waals surface area contributed by atoms with Crippen LogP contribution in [0.5, 0.6) is 0 Å². The zero-order valence-electron chi connectivity index (χ0n) is 8.38. The average Bonchev–Trinajstić information content (AvgIpc) is 2.75. The highest BCUT2D eigenvalue weighted by molar-refractivity contribution is 6.28. The Hall–Kier alpha value is -1.91. The third-order valence-electron chi connectivity index (χ3n) is 2.14. The molecule has 0 saturated heterocycles. The van der Waals surface area contributed by atoms with Crippen LogP contribution in [0.15, 0.2) is 24.5 Å². The lowest BCUT2D eigenvalue weighted by Crippen LogP contribution is -2.29. The van der Waals surface area contributed by atoms with E-state index in [9.17, 15) is 9.59 Å². The zero-order valence-corrected chi connectivity index (χ0v) is 8.38. The normalized spacial score (nSPS) is 15.4. The highest BCUT2D eigenvalue weighted by Gasteiger charge is 2.25. The van der Waals surface area contributed by atoms with Gasteiger partial charge in [0.2, 0.25) is 0 Å². The van der Waals surface area contributed by atoms with Gasteiger partial charge in [-0.05, 0) is 6.42 Å². The molecule has 0 saturated carbocycles. The lowest BCUT2D eigenvalue weighted by Gasteiger charge is -2.09. The molecule has 0 aromatic carbocycles. The number of rotatable bonds is 3. The number of nitrogens with zero attached hydrogens (tertiary/aromatic N) is 3. The summed E-state index contributed by atoms with van der Waals surface area (Å²) in [7, 11) is 0. The highest BCUT2D eigenvalue weighted by Crippen LogP contribution is 2.17. The van der Waals surface area contributed by atoms with Crippen molar-refractivity contribution in [3.05, 3.63) is 24.5 Å². The van der Waals surface area contributed by atoms with Crippen LogP contribution < -0.4 is 4.90 Å². The number of aromatic nitrogens is 2. The summed E-state index contributed by atoms with van der Waals surface area (Å²) in [4.78, 5) is 23.8. The van der Waals surface area contributed by atoms with Crippen molar-refractivity contribution in [1.29, 1.82) is 0 Å². The van der Waals surface area contributed by atoms with Crippen molar-refractivity contribution in [2.75, 3.05) is 4.90 Å². The van der Waals surface area contributed by atoms with Crippen LogP contribution in [0.25, 0.3) is 0 Å². The van der Waals surface area contributed by atoms with Gasteiger partial charge in [0.1, 0.15) is 0 Å². The van der Waals surface area contributed by atoms with E-state index in [4.69, 9.17) is 0 Å².